The van der Waals surface area contributed by atoms with E-state index in [0.29, 0.717) is 12.2 Å². The van der Waals surface area contributed by atoms with Crippen LogP contribution < -0.4 is 22.6 Å². The van der Waals surface area contributed by atoms with Gasteiger partial charge >= 0.3 is 12.0 Å². The molecule has 39 heavy (non-hydrogen) atoms. The number of nitrogens with zero attached hydrogens (tertiary/aromatic N) is 3. The smallest absolute Gasteiger partial charge is 0.327 e. The third-order valence-electron chi connectivity index (χ3n) is 6.19. The third kappa shape index (κ3) is 8.89. The van der Waals surface area contributed by atoms with Gasteiger partial charge in [0.1, 0.15) is 6.54 Å². The number of esters is 1. The topological polar surface area (TPSA) is 160 Å². The van der Waals surface area contributed by atoms with Crippen molar-refractivity contribution in [3.63, 3.8) is 0 Å². The largest absolute Gasteiger partial charge is 0.465 e. The predicted octanol–water partition coefficient (Wildman–Crippen LogP) is 2.45. The van der Waals surface area contributed by atoms with Crippen LogP contribution in [0.1, 0.15) is 36.9 Å². The van der Waals surface area contributed by atoms with E-state index in [-0.39, 0.29) is 50.4 Å². The summed E-state index contributed by atoms with van der Waals surface area (Å²) in [6.45, 7) is 2.42. The highest BCUT2D eigenvalue weighted by Crippen LogP contribution is 2.35. The Hall–Kier alpha value is -3.77. The van der Waals surface area contributed by atoms with Crippen LogP contribution in [0.5, 0.6) is 0 Å². The van der Waals surface area contributed by atoms with Gasteiger partial charge in [-0.2, -0.15) is 0 Å². The zero-order valence-corrected chi connectivity index (χ0v) is 23.6. The number of benzene rings is 2. The van der Waals surface area contributed by atoms with Crippen molar-refractivity contribution in [1.29, 1.82) is 0 Å². The first kappa shape index (κ1) is 29.8. The Bertz CT molecular complexity index is 1170. The van der Waals surface area contributed by atoms with Crippen LogP contribution in [0.2, 0.25) is 0 Å². The molecule has 3 rings (SSSR count). The summed E-state index contributed by atoms with van der Waals surface area (Å²) in [6.07, 6.45) is 3.11. The van der Waals surface area contributed by atoms with Crippen LogP contribution in [0.25, 0.3) is 0 Å². The molecule has 1 heterocycles. The predicted molar refractivity (Wildman–Crippen MR) is 152 cm³/mol. The van der Waals surface area contributed by atoms with Crippen molar-refractivity contribution in [2.45, 2.75) is 32.4 Å². The first-order chi connectivity index (χ1) is 18.7. The summed E-state index contributed by atoms with van der Waals surface area (Å²) in [5, 5.41) is 3.85. The van der Waals surface area contributed by atoms with Crippen molar-refractivity contribution in [3.05, 3.63) is 76.0 Å². The maximum Gasteiger partial charge on any atom is 0.327 e. The highest BCUT2D eigenvalue weighted by atomic mass is 79.9. The number of amides is 3. The second kappa shape index (κ2) is 14.4. The standard InChI is InChI=1S/C27H36BrN7O4/c1-2-39-26(37)18-34(31)17-21(30)16-33(15-19-9-11-20(29)12-10-19)27(38)32-14-25(36)35-13-5-8-24(35)22-6-3-4-7-23(22)28/h3-4,6-7,9-12,17,24H,2,5,8,13-16,18,29-31H2,1H3,(H,32,38)/b21-17-. The molecule has 3 amide bonds. The van der Waals surface area contributed by atoms with Crippen molar-refractivity contribution in [2.24, 2.45) is 11.6 Å². The highest BCUT2D eigenvalue weighted by Gasteiger charge is 2.31. The number of carbonyl (C=O) groups is 3. The van der Waals surface area contributed by atoms with E-state index in [0.717, 1.165) is 33.5 Å². The summed E-state index contributed by atoms with van der Waals surface area (Å²) in [5.41, 5.74) is 14.7. The number of nitrogens with two attached hydrogens (primary N) is 3. The van der Waals surface area contributed by atoms with Crippen LogP contribution in [0.15, 0.2) is 64.9 Å². The average molecular weight is 603 g/mol. The van der Waals surface area contributed by atoms with Gasteiger partial charge in [0.2, 0.25) is 5.91 Å². The van der Waals surface area contributed by atoms with Gasteiger partial charge in [-0.25, -0.2) is 10.6 Å². The van der Waals surface area contributed by atoms with E-state index in [1.54, 1.807) is 24.0 Å². The Morgan fingerprint density at radius 1 is 1.15 bits per heavy atom. The van der Waals surface area contributed by atoms with E-state index in [2.05, 4.69) is 21.2 Å². The number of urea groups is 1. The maximum atomic E-state index is 13.2. The molecule has 1 saturated heterocycles. The summed E-state index contributed by atoms with van der Waals surface area (Å²) in [7, 11) is 0. The lowest BCUT2D eigenvalue weighted by atomic mass is 10.0. The van der Waals surface area contributed by atoms with E-state index in [1.165, 1.54) is 11.1 Å². The molecule has 1 unspecified atom stereocenters. The normalized spacial score (nSPS) is 15.1. The minimum Gasteiger partial charge on any atom is -0.465 e. The Balaban J connectivity index is 1.67. The van der Waals surface area contributed by atoms with E-state index in [4.69, 9.17) is 22.0 Å². The van der Waals surface area contributed by atoms with Gasteiger partial charge in [-0.15, -0.1) is 0 Å². The van der Waals surface area contributed by atoms with Crippen molar-refractivity contribution in [1.82, 2.24) is 20.1 Å². The van der Waals surface area contributed by atoms with Gasteiger partial charge in [0.05, 0.1) is 25.7 Å². The number of anilines is 1. The minimum atomic E-state index is -0.498. The number of rotatable bonds is 11. The molecule has 1 aliphatic heterocycles. The first-order valence-electron chi connectivity index (χ1n) is 12.7. The number of halogens is 1. The number of hydrogen-bond acceptors (Lipinski definition) is 8. The lowest BCUT2D eigenvalue weighted by molar-refractivity contribution is -0.143. The van der Waals surface area contributed by atoms with Crippen LogP contribution in [0.3, 0.4) is 0 Å². The van der Waals surface area contributed by atoms with Gasteiger partial charge in [0, 0.05) is 35.1 Å². The molecule has 1 atom stereocenters. The molecule has 7 N–H and O–H groups in total. The second-order valence-electron chi connectivity index (χ2n) is 9.20. The molecule has 1 aliphatic rings. The summed E-state index contributed by atoms with van der Waals surface area (Å²) < 4.78 is 5.84. The number of hydrazine groups is 1. The fourth-order valence-corrected chi connectivity index (χ4v) is 4.97. The molecule has 0 bridgehead atoms. The third-order valence-corrected chi connectivity index (χ3v) is 6.91. The lowest BCUT2D eigenvalue weighted by Crippen LogP contribution is -2.46. The fraction of sp³-hybridized carbons (Fsp3) is 0.370. The summed E-state index contributed by atoms with van der Waals surface area (Å²) >= 11 is 3.58. The molecule has 1 fully saturated rings. The molecule has 0 aromatic heterocycles. The molecule has 2 aromatic rings. The summed E-state index contributed by atoms with van der Waals surface area (Å²) in [5.74, 6) is 5.19. The maximum absolute atomic E-state index is 13.2. The molecule has 210 valence electrons. The minimum absolute atomic E-state index is 0.00419. The molecule has 0 saturated carbocycles. The number of nitrogen functional groups attached to an aromatic ring is 1. The highest BCUT2D eigenvalue weighted by molar-refractivity contribution is 9.10. The first-order valence-corrected chi connectivity index (χ1v) is 13.5. The molecular formula is C27H36BrN7O4. The van der Waals surface area contributed by atoms with E-state index in [9.17, 15) is 14.4 Å². The van der Waals surface area contributed by atoms with Crippen LogP contribution in [-0.2, 0) is 20.9 Å². The molecule has 0 spiro atoms. The number of nitrogens with one attached hydrogen (secondary N) is 1. The summed E-state index contributed by atoms with van der Waals surface area (Å²) in [6, 6.07) is 14.4. The molecule has 0 aliphatic carbocycles. The van der Waals surface area contributed by atoms with Gasteiger partial charge in [-0.05, 0) is 49.1 Å². The van der Waals surface area contributed by atoms with Gasteiger partial charge in [0.25, 0.3) is 0 Å². The monoisotopic (exact) mass is 601 g/mol. The van der Waals surface area contributed by atoms with E-state index >= 15 is 0 Å². The van der Waals surface area contributed by atoms with Gasteiger partial charge < -0.3 is 36.3 Å². The SMILES string of the molecule is CCOC(=O)CN(N)/C=C(\N)CN(Cc1ccc(N)cc1)C(=O)NCC(=O)N1CCCC1c1ccccc1Br. The van der Waals surface area contributed by atoms with E-state index < -0.39 is 12.0 Å². The van der Waals surface area contributed by atoms with Gasteiger partial charge in [-0.3, -0.25) is 9.59 Å². The summed E-state index contributed by atoms with van der Waals surface area (Å²) in [4.78, 5) is 41.3. The van der Waals surface area contributed by atoms with Crippen LogP contribution in [0, 0.1) is 0 Å². The van der Waals surface area contributed by atoms with Crippen LogP contribution in [0.4, 0.5) is 10.5 Å². The number of hydrogen-bond donors (Lipinski definition) is 4. The second-order valence-corrected chi connectivity index (χ2v) is 10.1. The van der Waals surface area contributed by atoms with Crippen molar-refractivity contribution < 1.29 is 19.1 Å². The molecule has 0 radical (unpaired) electrons. The Labute approximate surface area is 237 Å². The zero-order valence-electron chi connectivity index (χ0n) is 22.0. The van der Waals surface area contributed by atoms with Gasteiger partial charge in [0.15, 0.2) is 0 Å². The lowest BCUT2D eigenvalue weighted by Gasteiger charge is -2.27. The van der Waals surface area contributed by atoms with Crippen LogP contribution >= 0.6 is 15.9 Å². The number of ether oxygens (including phenoxy) is 1. The Kier molecular flexibility index (Phi) is 11.0. The Morgan fingerprint density at radius 3 is 2.56 bits per heavy atom. The number of carbonyl (C=O) groups excluding carboxylic acids is 3. The van der Waals surface area contributed by atoms with Crippen LogP contribution in [-0.4, -0.2) is 65.5 Å². The van der Waals surface area contributed by atoms with Crippen molar-refractivity contribution >= 4 is 39.5 Å². The molecule has 12 heteroatoms. The van der Waals surface area contributed by atoms with Crippen molar-refractivity contribution in [3.8, 4) is 0 Å². The molecule has 11 nitrogen and oxygen atoms in total. The van der Waals surface area contributed by atoms with E-state index in [1.807, 2.05) is 36.4 Å². The Morgan fingerprint density at radius 2 is 1.87 bits per heavy atom. The van der Waals surface area contributed by atoms with Crippen molar-refractivity contribution in [2.75, 3.05) is 38.5 Å². The number of likely N-dealkylation sites (tertiary alicyclic amines) is 1. The average Bonchev–Trinajstić information content (AvgIpc) is 3.38. The van der Waals surface area contributed by atoms with Gasteiger partial charge in [-0.1, -0.05) is 46.3 Å². The molecule has 2 aromatic carbocycles. The zero-order chi connectivity index (χ0) is 28.4. The molecular weight excluding hydrogens is 566 g/mol. The fourth-order valence-electron chi connectivity index (χ4n) is 4.42. The quantitative estimate of drug-likeness (QED) is 0.132.